The molecule has 1 aliphatic heterocycles. The van der Waals surface area contributed by atoms with Crippen LogP contribution in [0.25, 0.3) is 0 Å². The molecule has 0 bridgehead atoms. The average Bonchev–Trinajstić information content (AvgIpc) is 2.55. The highest BCUT2D eigenvalue weighted by Crippen LogP contribution is 2.38. The zero-order valence-electron chi connectivity index (χ0n) is 10.0. The van der Waals surface area contributed by atoms with Gasteiger partial charge < -0.3 is 4.74 Å². The number of halogens is 3. The SMILES string of the molecule is Cc1cc([C@H]2OC(=O)C[C@@H]2C)cc(C(F)(F)F)c1. The Morgan fingerprint density at radius 1 is 1.28 bits per heavy atom. The molecule has 98 valence electrons. The first-order valence-electron chi connectivity index (χ1n) is 5.65. The molecule has 2 nitrogen and oxygen atoms in total. The first-order chi connectivity index (χ1) is 8.27. The molecule has 0 aromatic heterocycles. The van der Waals surface area contributed by atoms with Gasteiger partial charge in [0.1, 0.15) is 6.10 Å². The maximum absolute atomic E-state index is 12.7. The lowest BCUT2D eigenvalue weighted by atomic mass is 9.94. The van der Waals surface area contributed by atoms with Crippen LogP contribution in [0.1, 0.15) is 36.1 Å². The zero-order valence-corrected chi connectivity index (χ0v) is 10.0. The number of ether oxygens (including phenoxy) is 1. The van der Waals surface area contributed by atoms with Crippen LogP contribution in [0.3, 0.4) is 0 Å². The van der Waals surface area contributed by atoms with Crippen LogP contribution in [0, 0.1) is 12.8 Å². The monoisotopic (exact) mass is 258 g/mol. The minimum atomic E-state index is -4.38. The molecule has 1 aliphatic rings. The highest BCUT2D eigenvalue weighted by Gasteiger charge is 2.36. The van der Waals surface area contributed by atoms with Crippen LogP contribution < -0.4 is 0 Å². The minimum Gasteiger partial charge on any atom is -0.457 e. The lowest BCUT2D eigenvalue weighted by Crippen LogP contribution is -2.10. The third-order valence-corrected chi connectivity index (χ3v) is 3.02. The molecule has 2 rings (SSSR count). The Hall–Kier alpha value is -1.52. The van der Waals surface area contributed by atoms with Crippen LogP contribution in [-0.4, -0.2) is 5.97 Å². The van der Waals surface area contributed by atoms with E-state index in [4.69, 9.17) is 4.74 Å². The Kier molecular flexibility index (Phi) is 3.09. The summed E-state index contributed by atoms with van der Waals surface area (Å²) in [6.45, 7) is 3.39. The molecule has 1 saturated heterocycles. The molecule has 0 saturated carbocycles. The molecule has 0 N–H and O–H groups in total. The summed E-state index contributed by atoms with van der Waals surface area (Å²) >= 11 is 0. The molecule has 2 atom stereocenters. The third kappa shape index (κ3) is 2.49. The van der Waals surface area contributed by atoms with Gasteiger partial charge in [0.25, 0.3) is 0 Å². The largest absolute Gasteiger partial charge is 0.457 e. The van der Waals surface area contributed by atoms with Crippen LogP contribution in [0.2, 0.25) is 0 Å². The van der Waals surface area contributed by atoms with Crippen molar-refractivity contribution in [1.82, 2.24) is 0 Å². The number of hydrogen-bond acceptors (Lipinski definition) is 2. The van der Waals surface area contributed by atoms with E-state index < -0.39 is 17.8 Å². The van der Waals surface area contributed by atoms with Gasteiger partial charge in [-0.3, -0.25) is 4.79 Å². The third-order valence-electron chi connectivity index (χ3n) is 3.02. The number of carbonyl (C=O) groups is 1. The fourth-order valence-electron chi connectivity index (χ4n) is 2.21. The Balaban J connectivity index is 2.40. The summed E-state index contributed by atoms with van der Waals surface area (Å²) < 4.78 is 43.2. The van der Waals surface area contributed by atoms with Crippen LogP contribution in [0.4, 0.5) is 13.2 Å². The molecule has 0 aliphatic carbocycles. The quantitative estimate of drug-likeness (QED) is 0.719. The lowest BCUT2D eigenvalue weighted by molar-refractivity contribution is -0.141. The Morgan fingerprint density at radius 3 is 2.44 bits per heavy atom. The Bertz CT molecular complexity index is 480. The van der Waals surface area contributed by atoms with E-state index in [2.05, 4.69) is 0 Å². The highest BCUT2D eigenvalue weighted by atomic mass is 19.4. The predicted octanol–water partition coefficient (Wildman–Crippen LogP) is 3.64. The topological polar surface area (TPSA) is 26.3 Å². The number of aryl methyl sites for hydroxylation is 1. The summed E-state index contributed by atoms with van der Waals surface area (Å²) in [6, 6.07) is 3.78. The summed E-state index contributed by atoms with van der Waals surface area (Å²) in [5.74, 6) is -0.456. The van der Waals surface area contributed by atoms with Gasteiger partial charge in [0.05, 0.1) is 12.0 Å². The zero-order chi connectivity index (χ0) is 13.5. The van der Waals surface area contributed by atoms with Gasteiger partial charge in [-0.15, -0.1) is 0 Å². The molecular formula is C13H13F3O2. The predicted molar refractivity (Wildman–Crippen MR) is 58.8 cm³/mol. The first-order valence-corrected chi connectivity index (χ1v) is 5.65. The molecule has 18 heavy (non-hydrogen) atoms. The fourth-order valence-corrected chi connectivity index (χ4v) is 2.21. The van der Waals surface area contributed by atoms with Gasteiger partial charge in [0, 0.05) is 5.92 Å². The van der Waals surface area contributed by atoms with Gasteiger partial charge in [-0.1, -0.05) is 18.6 Å². The van der Waals surface area contributed by atoms with Crippen molar-refractivity contribution in [2.24, 2.45) is 5.92 Å². The second-order valence-corrected chi connectivity index (χ2v) is 4.72. The van der Waals surface area contributed by atoms with E-state index in [1.165, 1.54) is 0 Å². The molecule has 1 heterocycles. The number of cyclic esters (lactones) is 1. The number of rotatable bonds is 1. The van der Waals surface area contributed by atoms with Crippen molar-refractivity contribution < 1.29 is 22.7 Å². The van der Waals surface area contributed by atoms with Gasteiger partial charge in [-0.2, -0.15) is 13.2 Å². The maximum Gasteiger partial charge on any atom is 0.416 e. The molecular weight excluding hydrogens is 245 g/mol. The van der Waals surface area contributed by atoms with Gasteiger partial charge in [0.15, 0.2) is 0 Å². The molecule has 5 heteroatoms. The molecule has 0 unspecified atom stereocenters. The van der Waals surface area contributed by atoms with E-state index in [0.29, 0.717) is 11.1 Å². The minimum absolute atomic E-state index is 0.0969. The van der Waals surface area contributed by atoms with Crippen molar-refractivity contribution in [2.75, 3.05) is 0 Å². The van der Waals surface area contributed by atoms with Crippen molar-refractivity contribution >= 4 is 5.97 Å². The number of benzene rings is 1. The van der Waals surface area contributed by atoms with Gasteiger partial charge in [-0.25, -0.2) is 0 Å². The standard InChI is InChI=1S/C13H13F3O2/c1-7-3-9(6-10(4-7)13(14,15)16)12-8(2)5-11(17)18-12/h3-4,6,8,12H,5H2,1-2H3/t8-,12-/m0/s1. The van der Waals surface area contributed by atoms with Crippen LogP contribution in [0.15, 0.2) is 18.2 Å². The second kappa shape index (κ2) is 4.30. The normalized spacial score (nSPS) is 24.2. The Labute approximate surface area is 103 Å². The van der Waals surface area contributed by atoms with Gasteiger partial charge in [-0.05, 0) is 24.6 Å². The van der Waals surface area contributed by atoms with E-state index in [1.54, 1.807) is 19.9 Å². The molecule has 0 spiro atoms. The van der Waals surface area contributed by atoms with Crippen LogP contribution >= 0.6 is 0 Å². The molecule has 1 aromatic carbocycles. The molecule has 1 aromatic rings. The smallest absolute Gasteiger partial charge is 0.416 e. The Morgan fingerprint density at radius 2 is 1.94 bits per heavy atom. The number of carbonyl (C=O) groups excluding carboxylic acids is 1. The summed E-state index contributed by atoms with van der Waals surface area (Å²) in [5, 5.41) is 0. The summed E-state index contributed by atoms with van der Waals surface area (Å²) in [4.78, 5) is 11.2. The van der Waals surface area contributed by atoms with E-state index in [0.717, 1.165) is 12.1 Å². The van der Waals surface area contributed by atoms with Crippen molar-refractivity contribution in [3.63, 3.8) is 0 Å². The van der Waals surface area contributed by atoms with Crippen molar-refractivity contribution in [2.45, 2.75) is 32.5 Å². The number of alkyl halides is 3. The van der Waals surface area contributed by atoms with Crippen LogP contribution in [-0.2, 0) is 15.7 Å². The summed E-state index contributed by atoms with van der Waals surface area (Å²) in [7, 11) is 0. The van der Waals surface area contributed by atoms with E-state index in [9.17, 15) is 18.0 Å². The number of hydrogen-bond donors (Lipinski definition) is 0. The van der Waals surface area contributed by atoms with Crippen LogP contribution in [0.5, 0.6) is 0 Å². The fraction of sp³-hybridized carbons (Fsp3) is 0.462. The van der Waals surface area contributed by atoms with Gasteiger partial charge in [0.2, 0.25) is 0 Å². The lowest BCUT2D eigenvalue weighted by Gasteiger charge is -2.17. The molecule has 0 radical (unpaired) electrons. The number of esters is 1. The van der Waals surface area contributed by atoms with Gasteiger partial charge >= 0.3 is 12.1 Å². The average molecular weight is 258 g/mol. The summed E-state index contributed by atoms with van der Waals surface area (Å²) in [6.07, 6.45) is -4.70. The maximum atomic E-state index is 12.7. The first kappa shape index (κ1) is 12.9. The molecule has 0 amide bonds. The van der Waals surface area contributed by atoms with E-state index in [-0.39, 0.29) is 18.3 Å². The summed E-state index contributed by atoms with van der Waals surface area (Å²) in [5.41, 5.74) is 0.225. The van der Waals surface area contributed by atoms with Crippen molar-refractivity contribution in [1.29, 1.82) is 0 Å². The van der Waals surface area contributed by atoms with E-state index >= 15 is 0 Å². The van der Waals surface area contributed by atoms with Crippen molar-refractivity contribution in [3.8, 4) is 0 Å². The molecule has 1 fully saturated rings. The van der Waals surface area contributed by atoms with Crippen molar-refractivity contribution in [3.05, 3.63) is 34.9 Å². The van der Waals surface area contributed by atoms with E-state index in [1.807, 2.05) is 0 Å². The second-order valence-electron chi connectivity index (χ2n) is 4.72. The highest BCUT2D eigenvalue weighted by molar-refractivity contribution is 5.72.